The maximum atomic E-state index is 13.1. The summed E-state index contributed by atoms with van der Waals surface area (Å²) in [5.41, 5.74) is 4.07. The molecule has 0 spiro atoms. The fourth-order valence-electron chi connectivity index (χ4n) is 4.56. The lowest BCUT2D eigenvalue weighted by Gasteiger charge is -2.28. The highest BCUT2D eigenvalue weighted by Gasteiger charge is 2.18. The summed E-state index contributed by atoms with van der Waals surface area (Å²) in [5, 5.41) is 11.0. The molecule has 10 nitrogen and oxygen atoms in total. The number of hydrogen-bond acceptors (Lipinski definition) is 7. The van der Waals surface area contributed by atoms with Crippen LogP contribution in [0.15, 0.2) is 72.9 Å². The molecule has 0 aliphatic carbocycles. The summed E-state index contributed by atoms with van der Waals surface area (Å²) in [7, 11) is 1.64. The van der Waals surface area contributed by atoms with E-state index in [4.69, 9.17) is 14.8 Å². The standard InChI is InChI=1S/C28H28N8O2/c1-38-21-9-6-19(7-10-21)18-36-24(27-31-22-4-2-3-5-23(22)32-27)16-25(34-36)33-28(37)20-8-11-26(30-17-20)35-14-12-29-13-15-35/h2-11,16-17,29H,12-15,18H2,1H3,(H,31,32)(H,33,34,37). The van der Waals surface area contributed by atoms with Gasteiger partial charge in [0.1, 0.15) is 17.3 Å². The summed E-state index contributed by atoms with van der Waals surface area (Å²) in [6.45, 7) is 4.14. The third-order valence-electron chi connectivity index (χ3n) is 6.60. The van der Waals surface area contributed by atoms with Gasteiger partial charge < -0.3 is 25.3 Å². The van der Waals surface area contributed by atoms with E-state index in [2.05, 4.69) is 25.5 Å². The number of aromatic amines is 1. The van der Waals surface area contributed by atoms with Crippen molar-refractivity contribution < 1.29 is 9.53 Å². The Kier molecular flexibility index (Phi) is 6.45. The van der Waals surface area contributed by atoms with Gasteiger partial charge in [0.2, 0.25) is 0 Å². The molecule has 0 saturated carbocycles. The zero-order chi connectivity index (χ0) is 25.9. The highest BCUT2D eigenvalue weighted by Crippen LogP contribution is 2.25. The number of ether oxygens (including phenoxy) is 1. The number of imidazole rings is 1. The number of para-hydroxylation sites is 2. The molecule has 4 heterocycles. The van der Waals surface area contributed by atoms with E-state index in [0.717, 1.165) is 60.0 Å². The molecule has 1 aliphatic rings. The average molecular weight is 509 g/mol. The number of aromatic nitrogens is 5. The molecule has 0 atom stereocenters. The SMILES string of the molecule is COc1ccc(Cn2nc(NC(=O)c3ccc(N4CCNCC4)nc3)cc2-c2nc3ccccc3[nH]2)cc1. The lowest BCUT2D eigenvalue weighted by atomic mass is 10.2. The largest absolute Gasteiger partial charge is 0.497 e. The summed E-state index contributed by atoms with van der Waals surface area (Å²) in [4.78, 5) is 27.9. The molecule has 3 N–H and O–H groups in total. The Morgan fingerprint density at radius 3 is 2.61 bits per heavy atom. The first-order chi connectivity index (χ1) is 18.7. The monoisotopic (exact) mass is 508 g/mol. The Labute approximate surface area is 219 Å². The number of carbonyl (C=O) groups excluding carboxylic acids is 1. The van der Waals surface area contributed by atoms with Gasteiger partial charge in [-0.3, -0.25) is 9.48 Å². The third kappa shape index (κ3) is 4.94. The predicted molar refractivity (Wildman–Crippen MR) is 147 cm³/mol. The molecule has 1 saturated heterocycles. The molecule has 1 amide bonds. The van der Waals surface area contributed by atoms with Gasteiger partial charge in [0.25, 0.3) is 5.91 Å². The van der Waals surface area contributed by atoms with Gasteiger partial charge in [-0.1, -0.05) is 24.3 Å². The molecule has 10 heteroatoms. The fraction of sp³-hybridized carbons (Fsp3) is 0.214. The van der Waals surface area contributed by atoms with Crippen LogP contribution in [-0.2, 0) is 6.54 Å². The Hall–Kier alpha value is -4.70. The Morgan fingerprint density at radius 2 is 1.87 bits per heavy atom. The number of pyridine rings is 1. The van der Waals surface area contributed by atoms with E-state index < -0.39 is 0 Å². The molecule has 1 aliphatic heterocycles. The first-order valence-electron chi connectivity index (χ1n) is 12.6. The van der Waals surface area contributed by atoms with E-state index in [1.165, 1.54) is 0 Å². The number of H-pyrrole nitrogens is 1. The lowest BCUT2D eigenvalue weighted by molar-refractivity contribution is 0.102. The van der Waals surface area contributed by atoms with Gasteiger partial charge in [0.05, 0.1) is 30.3 Å². The molecule has 0 unspecified atom stereocenters. The second-order valence-electron chi connectivity index (χ2n) is 9.12. The molecule has 3 aromatic heterocycles. The molecule has 6 rings (SSSR count). The predicted octanol–water partition coefficient (Wildman–Crippen LogP) is 3.54. The van der Waals surface area contributed by atoms with E-state index >= 15 is 0 Å². The third-order valence-corrected chi connectivity index (χ3v) is 6.60. The van der Waals surface area contributed by atoms with Crippen molar-refractivity contribution in [1.29, 1.82) is 0 Å². The molecule has 0 radical (unpaired) electrons. The van der Waals surface area contributed by atoms with Crippen molar-refractivity contribution in [3.63, 3.8) is 0 Å². The van der Waals surface area contributed by atoms with E-state index in [1.54, 1.807) is 19.4 Å². The molecule has 0 bridgehead atoms. The zero-order valence-electron chi connectivity index (χ0n) is 21.0. The van der Waals surface area contributed by atoms with Gasteiger partial charge in [-0.25, -0.2) is 9.97 Å². The van der Waals surface area contributed by atoms with Gasteiger partial charge in [-0.2, -0.15) is 5.10 Å². The number of anilines is 2. The summed E-state index contributed by atoms with van der Waals surface area (Å²) in [5.74, 6) is 2.50. The van der Waals surface area contributed by atoms with E-state index in [9.17, 15) is 4.79 Å². The Morgan fingerprint density at radius 1 is 1.05 bits per heavy atom. The van der Waals surface area contributed by atoms with Crippen molar-refractivity contribution in [1.82, 2.24) is 30.0 Å². The minimum absolute atomic E-state index is 0.269. The lowest BCUT2D eigenvalue weighted by Crippen LogP contribution is -2.43. The maximum Gasteiger partial charge on any atom is 0.258 e. The van der Waals surface area contributed by atoms with Crippen LogP contribution in [0.4, 0.5) is 11.6 Å². The normalized spacial score (nSPS) is 13.6. The van der Waals surface area contributed by atoms with E-state index in [0.29, 0.717) is 23.8 Å². The molecule has 2 aromatic carbocycles. The van der Waals surface area contributed by atoms with Gasteiger partial charge >= 0.3 is 0 Å². The number of piperazine rings is 1. The number of fused-ring (bicyclic) bond motifs is 1. The molecule has 38 heavy (non-hydrogen) atoms. The molecule has 5 aromatic rings. The Balaban J connectivity index is 1.27. The molecule has 1 fully saturated rings. The number of nitrogens with one attached hydrogen (secondary N) is 3. The second-order valence-corrected chi connectivity index (χ2v) is 9.12. The van der Waals surface area contributed by atoms with Gasteiger partial charge in [0, 0.05) is 38.4 Å². The molecular formula is C28H28N8O2. The first kappa shape index (κ1) is 23.7. The minimum Gasteiger partial charge on any atom is -0.497 e. The summed E-state index contributed by atoms with van der Waals surface area (Å²) < 4.78 is 7.12. The fourth-order valence-corrected chi connectivity index (χ4v) is 4.56. The van der Waals surface area contributed by atoms with Crippen LogP contribution in [0.2, 0.25) is 0 Å². The van der Waals surface area contributed by atoms with E-state index in [1.807, 2.05) is 65.3 Å². The van der Waals surface area contributed by atoms with Gasteiger partial charge in [-0.15, -0.1) is 0 Å². The average Bonchev–Trinajstić information content (AvgIpc) is 3.57. The Bertz CT molecular complexity index is 1520. The van der Waals surface area contributed by atoms with Crippen LogP contribution in [0.1, 0.15) is 15.9 Å². The summed E-state index contributed by atoms with van der Waals surface area (Å²) in [6, 6.07) is 21.2. The zero-order valence-corrected chi connectivity index (χ0v) is 21.0. The number of benzene rings is 2. The van der Waals surface area contributed by atoms with Crippen molar-refractivity contribution in [2.75, 3.05) is 43.5 Å². The van der Waals surface area contributed by atoms with Crippen molar-refractivity contribution in [2.24, 2.45) is 0 Å². The number of amides is 1. The first-order valence-corrected chi connectivity index (χ1v) is 12.6. The topological polar surface area (TPSA) is 113 Å². The van der Waals surface area contributed by atoms with Crippen LogP contribution in [0.25, 0.3) is 22.6 Å². The maximum absolute atomic E-state index is 13.1. The smallest absolute Gasteiger partial charge is 0.258 e. The van der Waals surface area contributed by atoms with Crippen LogP contribution < -0.4 is 20.3 Å². The summed E-state index contributed by atoms with van der Waals surface area (Å²) >= 11 is 0. The van der Waals surface area contributed by atoms with Crippen molar-refractivity contribution >= 4 is 28.6 Å². The number of carbonyl (C=O) groups is 1. The highest BCUT2D eigenvalue weighted by molar-refractivity contribution is 6.03. The van der Waals surface area contributed by atoms with Crippen molar-refractivity contribution in [3.8, 4) is 17.3 Å². The second kappa shape index (κ2) is 10.3. The number of nitrogens with zero attached hydrogens (tertiary/aromatic N) is 5. The van der Waals surface area contributed by atoms with Crippen LogP contribution in [0.5, 0.6) is 5.75 Å². The minimum atomic E-state index is -0.269. The number of methoxy groups -OCH3 is 1. The van der Waals surface area contributed by atoms with Crippen molar-refractivity contribution in [2.45, 2.75) is 6.54 Å². The van der Waals surface area contributed by atoms with Crippen molar-refractivity contribution in [3.05, 3.63) is 84.1 Å². The number of hydrogen-bond donors (Lipinski definition) is 3. The van der Waals surface area contributed by atoms with Crippen LogP contribution in [0.3, 0.4) is 0 Å². The van der Waals surface area contributed by atoms with Crippen LogP contribution in [-0.4, -0.2) is 63.9 Å². The quantitative estimate of drug-likeness (QED) is 0.308. The van der Waals surface area contributed by atoms with Crippen LogP contribution >= 0.6 is 0 Å². The van der Waals surface area contributed by atoms with Crippen LogP contribution in [0, 0.1) is 0 Å². The number of rotatable bonds is 7. The highest BCUT2D eigenvalue weighted by atomic mass is 16.5. The van der Waals surface area contributed by atoms with Gasteiger partial charge in [0.15, 0.2) is 11.6 Å². The molecule has 192 valence electrons. The van der Waals surface area contributed by atoms with E-state index in [-0.39, 0.29) is 5.91 Å². The summed E-state index contributed by atoms with van der Waals surface area (Å²) in [6.07, 6.45) is 1.61. The van der Waals surface area contributed by atoms with Gasteiger partial charge in [-0.05, 0) is 42.0 Å². The molecular weight excluding hydrogens is 480 g/mol.